The third-order valence-corrected chi connectivity index (χ3v) is 4.42. The van der Waals surface area contributed by atoms with E-state index in [0.29, 0.717) is 35.3 Å². The number of hydrogen-bond acceptors (Lipinski definition) is 7. The van der Waals surface area contributed by atoms with Crippen molar-refractivity contribution in [1.82, 2.24) is 14.8 Å². The third kappa shape index (κ3) is 4.03. The molecule has 0 radical (unpaired) electrons. The predicted molar refractivity (Wildman–Crippen MR) is 92.7 cm³/mol. The van der Waals surface area contributed by atoms with Gasteiger partial charge in [-0.05, 0) is 36.4 Å². The molecule has 2 heterocycles. The van der Waals surface area contributed by atoms with Crippen molar-refractivity contribution >= 4 is 17.7 Å². The Bertz CT molecular complexity index is 828. The summed E-state index contributed by atoms with van der Waals surface area (Å²) in [6.45, 7) is 0.505. The van der Waals surface area contributed by atoms with E-state index in [0.717, 1.165) is 5.16 Å². The molecular weight excluding hydrogens is 342 g/mol. The number of rotatable bonds is 7. The molecule has 7 nitrogen and oxygen atoms in total. The molecule has 0 aliphatic heterocycles. The second-order valence-electron chi connectivity index (χ2n) is 5.06. The summed E-state index contributed by atoms with van der Waals surface area (Å²) in [4.78, 5) is 11.4. The van der Waals surface area contributed by atoms with E-state index in [9.17, 15) is 4.79 Å². The van der Waals surface area contributed by atoms with Gasteiger partial charge in [0.15, 0.2) is 16.7 Å². The summed E-state index contributed by atoms with van der Waals surface area (Å²) in [5, 5.41) is 9.10. The van der Waals surface area contributed by atoms with Crippen molar-refractivity contribution in [3.63, 3.8) is 0 Å². The van der Waals surface area contributed by atoms with Gasteiger partial charge in [-0.2, -0.15) is 0 Å². The van der Waals surface area contributed by atoms with E-state index in [2.05, 4.69) is 14.9 Å². The summed E-state index contributed by atoms with van der Waals surface area (Å²) < 4.78 is 17.5. The second kappa shape index (κ2) is 7.89. The fourth-order valence-corrected chi connectivity index (χ4v) is 2.89. The number of thioether (sulfide) groups is 1. The van der Waals surface area contributed by atoms with Gasteiger partial charge in [0.1, 0.15) is 5.75 Å². The van der Waals surface area contributed by atoms with Crippen LogP contribution in [-0.4, -0.2) is 40.2 Å². The molecule has 0 aliphatic carbocycles. The maximum atomic E-state index is 11.4. The molecule has 0 amide bonds. The minimum absolute atomic E-state index is 0.364. The number of furan rings is 1. The lowest BCUT2D eigenvalue weighted by molar-refractivity contribution is 0.0600. The molecular formula is C17H17N3O4S. The average Bonchev–Trinajstić information content (AvgIpc) is 3.28. The quantitative estimate of drug-likeness (QED) is 0.364. The summed E-state index contributed by atoms with van der Waals surface area (Å²) in [5.74, 6) is 2.41. The number of carbonyl (C=O) groups is 1. The summed E-state index contributed by atoms with van der Waals surface area (Å²) in [6.07, 6.45) is 1.61. The molecule has 1 aromatic carbocycles. The van der Waals surface area contributed by atoms with Crippen molar-refractivity contribution in [2.24, 2.45) is 7.05 Å². The van der Waals surface area contributed by atoms with Gasteiger partial charge < -0.3 is 18.5 Å². The molecule has 3 aromatic rings. The van der Waals surface area contributed by atoms with Gasteiger partial charge in [-0.3, -0.25) is 0 Å². The number of aromatic nitrogens is 3. The van der Waals surface area contributed by atoms with Crippen LogP contribution in [0.25, 0.3) is 11.6 Å². The molecule has 0 spiro atoms. The van der Waals surface area contributed by atoms with Gasteiger partial charge in [0.25, 0.3) is 0 Å². The molecule has 130 valence electrons. The van der Waals surface area contributed by atoms with Crippen molar-refractivity contribution in [3.8, 4) is 17.3 Å². The van der Waals surface area contributed by atoms with Crippen molar-refractivity contribution in [3.05, 3.63) is 48.2 Å². The number of carbonyl (C=O) groups excluding carboxylic acids is 1. The number of methoxy groups -OCH3 is 1. The molecule has 0 N–H and O–H groups in total. The van der Waals surface area contributed by atoms with Crippen molar-refractivity contribution in [2.45, 2.75) is 5.16 Å². The van der Waals surface area contributed by atoms with Gasteiger partial charge in [-0.15, -0.1) is 10.2 Å². The fraction of sp³-hybridized carbons (Fsp3) is 0.235. The van der Waals surface area contributed by atoms with Crippen LogP contribution in [0, 0.1) is 0 Å². The first-order valence-corrected chi connectivity index (χ1v) is 8.55. The predicted octanol–water partition coefficient (Wildman–Crippen LogP) is 3.03. The Morgan fingerprint density at radius 3 is 2.72 bits per heavy atom. The van der Waals surface area contributed by atoms with Crippen LogP contribution in [0.5, 0.6) is 5.75 Å². The second-order valence-corrected chi connectivity index (χ2v) is 6.12. The normalized spacial score (nSPS) is 10.6. The highest BCUT2D eigenvalue weighted by molar-refractivity contribution is 7.99. The lowest BCUT2D eigenvalue weighted by Crippen LogP contribution is -2.03. The van der Waals surface area contributed by atoms with Crippen LogP contribution in [0.1, 0.15) is 10.4 Å². The van der Waals surface area contributed by atoms with Gasteiger partial charge in [0.2, 0.25) is 0 Å². The summed E-state index contributed by atoms with van der Waals surface area (Å²) in [7, 11) is 3.25. The van der Waals surface area contributed by atoms with E-state index in [1.807, 2.05) is 23.7 Å². The monoisotopic (exact) mass is 359 g/mol. The number of hydrogen-bond donors (Lipinski definition) is 0. The lowest BCUT2D eigenvalue weighted by Gasteiger charge is -2.06. The Labute approximate surface area is 149 Å². The Morgan fingerprint density at radius 2 is 2.04 bits per heavy atom. The molecule has 25 heavy (non-hydrogen) atoms. The van der Waals surface area contributed by atoms with Crippen molar-refractivity contribution < 1.29 is 18.7 Å². The molecule has 0 unspecified atom stereocenters. The molecule has 2 aromatic heterocycles. The van der Waals surface area contributed by atoms with E-state index in [-0.39, 0.29) is 5.97 Å². The van der Waals surface area contributed by atoms with E-state index in [1.54, 1.807) is 42.3 Å². The maximum absolute atomic E-state index is 11.4. The van der Waals surface area contributed by atoms with Crippen LogP contribution in [0.4, 0.5) is 0 Å². The van der Waals surface area contributed by atoms with E-state index in [1.165, 1.54) is 7.11 Å². The number of nitrogens with zero attached hydrogens (tertiary/aromatic N) is 3. The number of ether oxygens (including phenoxy) is 2. The summed E-state index contributed by atoms with van der Waals surface area (Å²) in [5.41, 5.74) is 0.494. The molecule has 3 rings (SSSR count). The van der Waals surface area contributed by atoms with Crippen LogP contribution in [0.2, 0.25) is 0 Å². The fourth-order valence-electron chi connectivity index (χ4n) is 2.16. The topological polar surface area (TPSA) is 79.4 Å². The zero-order valence-corrected chi connectivity index (χ0v) is 14.7. The number of esters is 1. The average molecular weight is 359 g/mol. The minimum atomic E-state index is -0.364. The summed E-state index contributed by atoms with van der Waals surface area (Å²) in [6, 6.07) is 10.5. The van der Waals surface area contributed by atoms with Crippen molar-refractivity contribution in [1.29, 1.82) is 0 Å². The smallest absolute Gasteiger partial charge is 0.337 e. The standard InChI is InChI=1S/C17H17N3O4S/c1-20-15(14-4-3-9-24-14)18-19-17(20)25-11-10-23-13-7-5-12(6-8-13)16(21)22-2/h3-9H,10-11H2,1-2H3. The van der Waals surface area contributed by atoms with E-state index < -0.39 is 0 Å². The first-order chi connectivity index (χ1) is 12.2. The first-order valence-electron chi connectivity index (χ1n) is 7.56. The SMILES string of the molecule is COC(=O)c1ccc(OCCSc2nnc(-c3ccco3)n2C)cc1. The Kier molecular flexibility index (Phi) is 5.39. The Morgan fingerprint density at radius 1 is 1.24 bits per heavy atom. The molecule has 0 saturated heterocycles. The van der Waals surface area contributed by atoms with Gasteiger partial charge in [-0.1, -0.05) is 11.8 Å². The van der Waals surface area contributed by atoms with Crippen LogP contribution < -0.4 is 4.74 Å². The highest BCUT2D eigenvalue weighted by Gasteiger charge is 2.13. The van der Waals surface area contributed by atoms with Gasteiger partial charge in [0, 0.05) is 12.8 Å². The molecule has 0 aliphatic rings. The van der Waals surface area contributed by atoms with Crippen molar-refractivity contribution in [2.75, 3.05) is 19.5 Å². The minimum Gasteiger partial charge on any atom is -0.493 e. The molecule has 0 atom stereocenters. The summed E-state index contributed by atoms with van der Waals surface area (Å²) >= 11 is 1.54. The maximum Gasteiger partial charge on any atom is 0.337 e. The molecule has 0 saturated carbocycles. The van der Waals surface area contributed by atoms with Crippen LogP contribution in [0.3, 0.4) is 0 Å². The highest BCUT2D eigenvalue weighted by Crippen LogP contribution is 2.23. The molecule has 0 fully saturated rings. The van der Waals surface area contributed by atoms with Crippen LogP contribution >= 0.6 is 11.8 Å². The van der Waals surface area contributed by atoms with Crippen LogP contribution in [-0.2, 0) is 11.8 Å². The van der Waals surface area contributed by atoms with Crippen LogP contribution in [0.15, 0.2) is 52.2 Å². The third-order valence-electron chi connectivity index (χ3n) is 3.44. The first kappa shape index (κ1) is 17.1. The van der Waals surface area contributed by atoms with E-state index in [4.69, 9.17) is 9.15 Å². The van der Waals surface area contributed by atoms with Gasteiger partial charge >= 0.3 is 5.97 Å². The molecule has 0 bridgehead atoms. The highest BCUT2D eigenvalue weighted by atomic mass is 32.2. The zero-order valence-electron chi connectivity index (χ0n) is 13.8. The van der Waals surface area contributed by atoms with E-state index >= 15 is 0 Å². The largest absolute Gasteiger partial charge is 0.493 e. The zero-order chi connectivity index (χ0) is 17.6. The van der Waals surface area contributed by atoms with Gasteiger partial charge in [-0.25, -0.2) is 4.79 Å². The van der Waals surface area contributed by atoms with Gasteiger partial charge in [0.05, 0.1) is 25.5 Å². The Balaban J connectivity index is 1.50. The molecule has 8 heteroatoms. The Hall–Kier alpha value is -2.74. The number of benzene rings is 1. The lowest BCUT2D eigenvalue weighted by atomic mass is 10.2.